The summed E-state index contributed by atoms with van der Waals surface area (Å²) in [5.41, 5.74) is 4.81. The number of hydrogen-bond donors (Lipinski definition) is 1. The number of pyridine rings is 1. The van der Waals surface area contributed by atoms with Crippen molar-refractivity contribution in [3.8, 4) is 23.3 Å². The molecule has 11 nitrogen and oxygen atoms in total. The van der Waals surface area contributed by atoms with Gasteiger partial charge in [0.1, 0.15) is 46.4 Å². The molecule has 254 valence electrons. The molecule has 4 fully saturated rings. The van der Waals surface area contributed by atoms with Crippen LogP contribution in [0.15, 0.2) is 29.6 Å². The number of nitrogens with zero attached hydrogens (tertiary/aromatic N) is 7. The lowest BCUT2D eigenvalue weighted by molar-refractivity contribution is -0.126. The SMILES string of the molecule is C=CC(=O)N1CCN(c2nc(OC[C@@]34CCCN3C[C@H](F)C4)nc3c(F)c(-c4ccc(F)c5sc(N)c(C#N)c45)n(C4CC4)c(=O)c23)CC1. The number of nitrogens with two attached hydrogens (primary N) is 1. The predicted molar refractivity (Wildman–Crippen MR) is 179 cm³/mol. The largest absolute Gasteiger partial charge is 0.461 e. The predicted octanol–water partition coefficient (Wildman–Crippen LogP) is 4.53. The third-order valence-corrected chi connectivity index (χ3v) is 11.4. The van der Waals surface area contributed by atoms with Crippen LogP contribution < -0.4 is 20.9 Å². The maximum Gasteiger partial charge on any atom is 0.319 e. The van der Waals surface area contributed by atoms with Crippen LogP contribution in [0.3, 0.4) is 0 Å². The number of amides is 1. The molecule has 1 saturated carbocycles. The van der Waals surface area contributed by atoms with Gasteiger partial charge in [-0.1, -0.05) is 6.58 Å². The molecule has 1 aromatic carbocycles. The Hall–Kier alpha value is -4.68. The summed E-state index contributed by atoms with van der Waals surface area (Å²) >= 11 is 0.889. The van der Waals surface area contributed by atoms with Gasteiger partial charge in [-0.15, -0.1) is 11.3 Å². The number of fused-ring (bicyclic) bond motifs is 3. The number of ether oxygens (including phenoxy) is 1. The molecular formula is C34H33F3N8O3S. The molecule has 0 unspecified atom stereocenters. The van der Waals surface area contributed by atoms with Gasteiger partial charge < -0.3 is 24.8 Å². The van der Waals surface area contributed by atoms with Gasteiger partial charge in [0.15, 0.2) is 5.82 Å². The Balaban J connectivity index is 1.33. The fraction of sp³-hybridized carbons (Fsp3) is 0.441. The third-order valence-electron chi connectivity index (χ3n) is 10.4. The number of alkyl halides is 1. The zero-order chi connectivity index (χ0) is 34.2. The van der Waals surface area contributed by atoms with Gasteiger partial charge in [-0.05, 0) is 50.4 Å². The number of aromatic nitrogens is 3. The molecule has 3 aliphatic heterocycles. The van der Waals surface area contributed by atoms with Gasteiger partial charge in [-0.2, -0.15) is 15.2 Å². The van der Waals surface area contributed by atoms with E-state index >= 15 is 8.78 Å². The second-order valence-corrected chi connectivity index (χ2v) is 14.3. The average Bonchev–Trinajstić information content (AvgIpc) is 3.67. The highest BCUT2D eigenvalue weighted by atomic mass is 32.1. The number of nitrogen functional groups attached to an aromatic ring is 1. The minimum Gasteiger partial charge on any atom is -0.461 e. The third kappa shape index (κ3) is 5.03. The molecule has 0 bridgehead atoms. The van der Waals surface area contributed by atoms with Crippen LogP contribution in [0.25, 0.3) is 32.2 Å². The molecule has 4 aromatic rings. The van der Waals surface area contributed by atoms with Crippen molar-refractivity contribution in [3.05, 3.63) is 52.3 Å². The highest BCUT2D eigenvalue weighted by molar-refractivity contribution is 7.23. The van der Waals surface area contributed by atoms with Gasteiger partial charge in [0.2, 0.25) is 5.91 Å². The van der Waals surface area contributed by atoms with E-state index in [2.05, 4.69) is 16.5 Å². The molecule has 1 amide bonds. The smallest absolute Gasteiger partial charge is 0.319 e. The maximum atomic E-state index is 17.4. The Labute approximate surface area is 283 Å². The van der Waals surface area contributed by atoms with Crippen molar-refractivity contribution in [3.63, 3.8) is 0 Å². The highest BCUT2D eigenvalue weighted by Crippen LogP contribution is 2.46. The minimum atomic E-state index is -0.982. The molecule has 0 spiro atoms. The first-order valence-electron chi connectivity index (χ1n) is 16.4. The van der Waals surface area contributed by atoms with Gasteiger partial charge in [0, 0.05) is 56.1 Å². The van der Waals surface area contributed by atoms with Crippen LogP contribution in [0.2, 0.25) is 0 Å². The standard InChI is InChI=1S/C34H33F3N8O3S/c1-2-23(46)42-10-12-43(13-11-42)31-25-27(40-33(41-31)48-17-34-8-3-9-44(34)16-18(35)14-34)26(37)28(45(32(25)47)19-4-5-19)20-6-7-22(36)29-24(20)21(15-38)30(39)49-29/h2,6-7,18-19H,1,3-5,8-14,16-17,39H2/t18-,34+/m1/s1. The number of benzene rings is 1. The number of hydrogen-bond acceptors (Lipinski definition) is 10. The Kier molecular flexibility index (Phi) is 7.56. The van der Waals surface area contributed by atoms with E-state index in [1.165, 1.54) is 22.8 Å². The van der Waals surface area contributed by atoms with Crippen molar-refractivity contribution in [2.24, 2.45) is 0 Å². The number of halogens is 3. The Morgan fingerprint density at radius 3 is 2.67 bits per heavy atom. The van der Waals surface area contributed by atoms with Gasteiger partial charge in [-0.3, -0.25) is 14.5 Å². The number of piperazine rings is 1. The number of thiophene rings is 1. The van der Waals surface area contributed by atoms with Crippen LogP contribution in [-0.2, 0) is 4.79 Å². The Morgan fingerprint density at radius 1 is 1.18 bits per heavy atom. The van der Waals surface area contributed by atoms with E-state index in [0.29, 0.717) is 52.0 Å². The van der Waals surface area contributed by atoms with E-state index in [4.69, 9.17) is 15.5 Å². The lowest BCUT2D eigenvalue weighted by Gasteiger charge is -2.35. The van der Waals surface area contributed by atoms with Crippen LogP contribution in [0.1, 0.15) is 43.7 Å². The quantitative estimate of drug-likeness (QED) is 0.278. The Morgan fingerprint density at radius 2 is 1.96 bits per heavy atom. The van der Waals surface area contributed by atoms with Crippen molar-refractivity contribution in [1.82, 2.24) is 24.3 Å². The van der Waals surface area contributed by atoms with Crippen molar-refractivity contribution in [2.45, 2.75) is 49.9 Å². The Bertz CT molecular complexity index is 2150. The summed E-state index contributed by atoms with van der Waals surface area (Å²) in [6.07, 6.45) is 3.45. The second-order valence-electron chi connectivity index (χ2n) is 13.3. The highest BCUT2D eigenvalue weighted by Gasteiger charge is 2.49. The summed E-state index contributed by atoms with van der Waals surface area (Å²) < 4.78 is 54.6. The van der Waals surface area contributed by atoms with Crippen LogP contribution >= 0.6 is 11.3 Å². The number of carbonyl (C=O) groups excluding carboxylic acids is 1. The summed E-state index contributed by atoms with van der Waals surface area (Å²) in [6.45, 7) is 5.99. The molecule has 15 heteroatoms. The van der Waals surface area contributed by atoms with Crippen molar-refractivity contribution >= 4 is 49.1 Å². The normalized spacial score (nSPS) is 22.5. The number of rotatable bonds is 7. The molecule has 2 atom stereocenters. The van der Waals surface area contributed by atoms with Gasteiger partial charge in [-0.25, -0.2) is 13.2 Å². The van der Waals surface area contributed by atoms with Crippen LogP contribution in [0.5, 0.6) is 6.01 Å². The molecule has 4 aliphatic rings. The zero-order valence-corrected chi connectivity index (χ0v) is 27.4. The van der Waals surface area contributed by atoms with Crippen LogP contribution in [0, 0.1) is 23.0 Å². The van der Waals surface area contributed by atoms with E-state index < -0.39 is 28.9 Å². The first kappa shape index (κ1) is 31.6. The lowest BCUT2D eigenvalue weighted by Crippen LogP contribution is -2.49. The summed E-state index contributed by atoms with van der Waals surface area (Å²) in [4.78, 5) is 41.7. The molecule has 3 saturated heterocycles. The van der Waals surface area contributed by atoms with Gasteiger partial charge in [0.05, 0.1) is 21.5 Å². The lowest BCUT2D eigenvalue weighted by atomic mass is 9.95. The fourth-order valence-corrected chi connectivity index (χ4v) is 8.81. The summed E-state index contributed by atoms with van der Waals surface area (Å²) in [5, 5.41) is 10.1. The summed E-state index contributed by atoms with van der Waals surface area (Å²) in [7, 11) is 0. The minimum absolute atomic E-state index is 0.00578. The zero-order valence-electron chi connectivity index (χ0n) is 26.6. The van der Waals surface area contributed by atoms with Crippen molar-refractivity contribution in [2.75, 3.05) is 56.5 Å². The molecule has 2 N–H and O–H groups in total. The first-order valence-corrected chi connectivity index (χ1v) is 17.2. The van der Waals surface area contributed by atoms with E-state index in [1.54, 1.807) is 4.90 Å². The molecule has 6 heterocycles. The van der Waals surface area contributed by atoms with E-state index in [0.717, 1.165) is 30.7 Å². The van der Waals surface area contributed by atoms with Gasteiger partial charge >= 0.3 is 6.01 Å². The molecular weight excluding hydrogens is 657 g/mol. The number of nitriles is 1. The molecule has 0 radical (unpaired) electrons. The summed E-state index contributed by atoms with van der Waals surface area (Å²) in [5.74, 6) is -1.51. The van der Waals surface area contributed by atoms with Crippen molar-refractivity contribution in [1.29, 1.82) is 5.26 Å². The average molecular weight is 691 g/mol. The van der Waals surface area contributed by atoms with E-state index in [-0.39, 0.29) is 73.2 Å². The van der Waals surface area contributed by atoms with E-state index in [1.807, 2.05) is 11.0 Å². The number of carbonyl (C=O) groups is 1. The molecule has 8 rings (SSSR count). The van der Waals surface area contributed by atoms with E-state index in [9.17, 15) is 19.2 Å². The van der Waals surface area contributed by atoms with Crippen LogP contribution in [-0.4, -0.2) is 87.8 Å². The topological polar surface area (TPSA) is 134 Å². The second kappa shape index (κ2) is 11.7. The van der Waals surface area contributed by atoms with Crippen molar-refractivity contribution < 1.29 is 22.7 Å². The molecule has 1 aliphatic carbocycles. The molecule has 49 heavy (non-hydrogen) atoms. The fourth-order valence-electron chi connectivity index (χ4n) is 7.86. The monoisotopic (exact) mass is 690 g/mol. The number of anilines is 2. The summed E-state index contributed by atoms with van der Waals surface area (Å²) in [6, 6.07) is 4.07. The maximum absolute atomic E-state index is 17.4. The molecule has 3 aromatic heterocycles. The van der Waals surface area contributed by atoms with Crippen LogP contribution in [0.4, 0.5) is 24.0 Å². The first-order chi connectivity index (χ1) is 23.6. The van der Waals surface area contributed by atoms with Gasteiger partial charge in [0.25, 0.3) is 5.56 Å².